The molecule has 0 bridgehead atoms. The Morgan fingerprint density at radius 2 is 1.53 bits per heavy atom. The second kappa shape index (κ2) is 12.2. The van der Waals surface area contributed by atoms with E-state index in [1.165, 1.54) is 14.2 Å². The van der Waals surface area contributed by atoms with Gasteiger partial charge in [-0.15, -0.1) is 18.2 Å². The number of carbonyl (C=O) groups excluding carboxylic acids is 2. The van der Waals surface area contributed by atoms with E-state index in [9.17, 15) is 9.59 Å². The number of anilines is 1. The van der Waals surface area contributed by atoms with Crippen molar-refractivity contribution in [1.82, 2.24) is 0 Å². The van der Waals surface area contributed by atoms with Crippen molar-refractivity contribution < 1.29 is 19.1 Å². The first kappa shape index (κ1) is 25.2. The minimum atomic E-state index is -0.284. The standard InChI is InChI=1S/C28H29NO4S/c1-5-17-29(20(2)18-27(30)32-3)25-16-15-24(22-13-9-10-14-23(22)25)26(19-28(31)33-4)34-21-11-7-6-8-12-21/h1,6-16,20,26H,17-19H2,2-4H3/t20-,26?/m0/s1. The second-order valence-corrected chi connectivity index (χ2v) is 9.16. The lowest BCUT2D eigenvalue weighted by molar-refractivity contribution is -0.141. The van der Waals surface area contributed by atoms with E-state index >= 15 is 0 Å². The maximum Gasteiger partial charge on any atom is 0.307 e. The predicted molar refractivity (Wildman–Crippen MR) is 138 cm³/mol. The third-order valence-electron chi connectivity index (χ3n) is 5.68. The van der Waals surface area contributed by atoms with Gasteiger partial charge in [0.15, 0.2) is 0 Å². The van der Waals surface area contributed by atoms with Crippen LogP contribution in [-0.4, -0.2) is 38.7 Å². The monoisotopic (exact) mass is 475 g/mol. The molecule has 3 rings (SSSR count). The number of hydrogen-bond acceptors (Lipinski definition) is 6. The van der Waals surface area contributed by atoms with Gasteiger partial charge in [0, 0.05) is 27.3 Å². The van der Waals surface area contributed by atoms with Crippen LogP contribution in [0.3, 0.4) is 0 Å². The van der Waals surface area contributed by atoms with E-state index in [2.05, 4.69) is 18.1 Å². The molecule has 6 heteroatoms. The van der Waals surface area contributed by atoms with Crippen LogP contribution in [0.25, 0.3) is 10.8 Å². The van der Waals surface area contributed by atoms with Crippen molar-refractivity contribution in [2.24, 2.45) is 0 Å². The number of fused-ring (bicyclic) bond motifs is 1. The highest BCUT2D eigenvalue weighted by molar-refractivity contribution is 7.99. The fourth-order valence-corrected chi connectivity index (χ4v) is 5.16. The first-order valence-electron chi connectivity index (χ1n) is 11.1. The molecule has 0 N–H and O–H groups in total. The second-order valence-electron chi connectivity index (χ2n) is 7.88. The summed E-state index contributed by atoms with van der Waals surface area (Å²) < 4.78 is 9.86. The SMILES string of the molecule is C#CCN(c1ccc(C(CC(=O)OC)Sc2ccccc2)c2ccccc12)[C@@H](C)CC(=O)OC. The van der Waals surface area contributed by atoms with Gasteiger partial charge in [0.25, 0.3) is 0 Å². The summed E-state index contributed by atoms with van der Waals surface area (Å²) >= 11 is 1.63. The molecule has 3 aromatic rings. The van der Waals surface area contributed by atoms with Crippen LogP contribution in [0.1, 0.15) is 30.6 Å². The molecule has 3 aromatic carbocycles. The number of hydrogen-bond donors (Lipinski definition) is 0. The van der Waals surface area contributed by atoms with E-state index in [0.717, 1.165) is 26.9 Å². The molecule has 0 aromatic heterocycles. The van der Waals surface area contributed by atoms with Crippen molar-refractivity contribution >= 4 is 40.2 Å². The molecule has 0 fully saturated rings. The maximum atomic E-state index is 12.3. The number of carbonyl (C=O) groups is 2. The molecular weight excluding hydrogens is 446 g/mol. The molecule has 0 radical (unpaired) electrons. The summed E-state index contributed by atoms with van der Waals surface area (Å²) in [5, 5.41) is 1.91. The molecule has 0 heterocycles. The fourth-order valence-electron chi connectivity index (χ4n) is 3.96. The molecule has 0 aliphatic carbocycles. The lowest BCUT2D eigenvalue weighted by Gasteiger charge is -2.31. The summed E-state index contributed by atoms with van der Waals surface area (Å²) in [6.07, 6.45) is 6.15. The molecule has 0 spiro atoms. The molecule has 0 aliphatic heterocycles. The molecule has 0 saturated heterocycles. The van der Waals surface area contributed by atoms with Crippen LogP contribution >= 0.6 is 11.8 Å². The van der Waals surface area contributed by atoms with E-state index in [-0.39, 0.29) is 36.1 Å². The number of nitrogens with zero attached hydrogens (tertiary/aromatic N) is 1. The lowest BCUT2D eigenvalue weighted by Crippen LogP contribution is -2.35. The van der Waals surface area contributed by atoms with Crippen molar-refractivity contribution in [3.05, 3.63) is 72.3 Å². The first-order chi connectivity index (χ1) is 16.5. The highest BCUT2D eigenvalue weighted by Crippen LogP contribution is 2.43. The summed E-state index contributed by atoms with van der Waals surface area (Å²) in [6, 6.07) is 22.0. The Bertz CT molecular complexity index is 1170. The zero-order valence-electron chi connectivity index (χ0n) is 19.7. The number of esters is 2. The average molecular weight is 476 g/mol. The van der Waals surface area contributed by atoms with E-state index in [4.69, 9.17) is 15.9 Å². The lowest BCUT2D eigenvalue weighted by atomic mass is 9.97. The minimum Gasteiger partial charge on any atom is -0.469 e. The van der Waals surface area contributed by atoms with Crippen LogP contribution in [0, 0.1) is 12.3 Å². The smallest absolute Gasteiger partial charge is 0.307 e. The summed E-state index contributed by atoms with van der Waals surface area (Å²) in [5.41, 5.74) is 1.98. The van der Waals surface area contributed by atoms with Gasteiger partial charge in [0.1, 0.15) is 0 Å². The molecular formula is C28H29NO4S. The summed E-state index contributed by atoms with van der Waals surface area (Å²) in [4.78, 5) is 27.3. The van der Waals surface area contributed by atoms with Crippen molar-refractivity contribution in [2.45, 2.75) is 36.0 Å². The van der Waals surface area contributed by atoms with Crippen molar-refractivity contribution in [1.29, 1.82) is 0 Å². The molecule has 0 amide bonds. The molecule has 34 heavy (non-hydrogen) atoms. The van der Waals surface area contributed by atoms with E-state index in [1.54, 1.807) is 11.8 Å². The molecule has 2 atom stereocenters. The Hall–Kier alpha value is -3.43. The van der Waals surface area contributed by atoms with E-state index in [1.807, 2.05) is 66.4 Å². The number of ether oxygens (including phenoxy) is 2. The van der Waals surface area contributed by atoms with Crippen LogP contribution in [0.4, 0.5) is 5.69 Å². The Kier molecular flexibility index (Phi) is 9.00. The van der Waals surface area contributed by atoms with Gasteiger partial charge >= 0.3 is 11.9 Å². The predicted octanol–water partition coefficient (Wildman–Crippen LogP) is 5.63. The molecule has 5 nitrogen and oxygen atoms in total. The summed E-state index contributed by atoms with van der Waals surface area (Å²) in [6.45, 7) is 2.31. The van der Waals surface area contributed by atoms with Crippen LogP contribution in [0.15, 0.2) is 71.6 Å². The number of rotatable bonds is 10. The largest absolute Gasteiger partial charge is 0.469 e. The Balaban J connectivity index is 2.08. The number of methoxy groups -OCH3 is 2. The summed E-state index contributed by atoms with van der Waals surface area (Å²) in [5.74, 6) is 2.17. The zero-order chi connectivity index (χ0) is 24.5. The minimum absolute atomic E-state index is 0.137. The highest BCUT2D eigenvalue weighted by Gasteiger charge is 2.24. The molecule has 0 saturated carbocycles. The van der Waals surface area contributed by atoms with Crippen LogP contribution < -0.4 is 4.90 Å². The van der Waals surface area contributed by atoms with Crippen LogP contribution in [0.5, 0.6) is 0 Å². The molecule has 1 unspecified atom stereocenters. The van der Waals surface area contributed by atoms with Crippen molar-refractivity contribution in [3.63, 3.8) is 0 Å². The summed E-state index contributed by atoms with van der Waals surface area (Å²) in [7, 11) is 2.80. The van der Waals surface area contributed by atoms with Gasteiger partial charge in [0.05, 0.1) is 33.6 Å². The third-order valence-corrected chi connectivity index (χ3v) is 6.93. The topological polar surface area (TPSA) is 55.8 Å². The average Bonchev–Trinajstić information content (AvgIpc) is 2.86. The first-order valence-corrected chi connectivity index (χ1v) is 11.9. The van der Waals surface area contributed by atoms with Gasteiger partial charge < -0.3 is 14.4 Å². The fraction of sp³-hybridized carbons (Fsp3) is 0.286. The Morgan fingerprint density at radius 3 is 2.18 bits per heavy atom. The number of benzene rings is 3. The quantitative estimate of drug-likeness (QED) is 0.215. The van der Waals surface area contributed by atoms with Gasteiger partial charge in [-0.2, -0.15) is 0 Å². The highest BCUT2D eigenvalue weighted by atomic mass is 32.2. The molecule has 176 valence electrons. The van der Waals surface area contributed by atoms with Crippen LogP contribution in [0.2, 0.25) is 0 Å². The van der Waals surface area contributed by atoms with Crippen LogP contribution in [-0.2, 0) is 19.1 Å². The van der Waals surface area contributed by atoms with Gasteiger partial charge in [-0.3, -0.25) is 9.59 Å². The number of thioether (sulfide) groups is 1. The third kappa shape index (κ3) is 6.12. The Labute approximate surface area is 205 Å². The van der Waals surface area contributed by atoms with E-state index < -0.39 is 0 Å². The van der Waals surface area contributed by atoms with Gasteiger partial charge in [0.2, 0.25) is 0 Å². The normalized spacial score (nSPS) is 12.4. The van der Waals surface area contributed by atoms with Crippen molar-refractivity contribution in [3.8, 4) is 12.3 Å². The zero-order valence-corrected chi connectivity index (χ0v) is 20.5. The molecule has 0 aliphatic rings. The van der Waals surface area contributed by atoms with Gasteiger partial charge in [-0.1, -0.05) is 54.5 Å². The maximum absolute atomic E-state index is 12.3. The Morgan fingerprint density at radius 1 is 0.912 bits per heavy atom. The van der Waals surface area contributed by atoms with Gasteiger partial charge in [-0.05, 0) is 36.1 Å². The number of terminal acetylenes is 1. The van der Waals surface area contributed by atoms with Crippen molar-refractivity contribution in [2.75, 3.05) is 25.7 Å². The van der Waals surface area contributed by atoms with Gasteiger partial charge in [-0.25, -0.2) is 0 Å². The van der Waals surface area contributed by atoms with E-state index in [0.29, 0.717) is 6.54 Å².